The number of sulfonamides is 1. The number of furan rings is 1. The van der Waals surface area contributed by atoms with Crippen molar-refractivity contribution in [1.29, 1.82) is 0 Å². The number of hydrogen-bond acceptors (Lipinski definition) is 3. The second-order valence-corrected chi connectivity index (χ2v) is 6.82. The van der Waals surface area contributed by atoms with Gasteiger partial charge in [-0.3, -0.25) is 4.31 Å². The number of hydrogen-bond donors (Lipinski definition) is 0. The van der Waals surface area contributed by atoms with E-state index in [0.717, 1.165) is 17.7 Å². The molecule has 106 valence electrons. The van der Waals surface area contributed by atoms with E-state index < -0.39 is 10.0 Å². The van der Waals surface area contributed by atoms with E-state index >= 15 is 0 Å². The molecule has 1 aliphatic heterocycles. The van der Waals surface area contributed by atoms with E-state index in [1.807, 2.05) is 24.3 Å². The van der Waals surface area contributed by atoms with Crippen LogP contribution in [0.2, 0.25) is 0 Å². The maximum absolute atomic E-state index is 12.8. The summed E-state index contributed by atoms with van der Waals surface area (Å²) in [5.41, 5.74) is 1.80. The minimum Gasteiger partial charge on any atom is -0.464 e. The zero-order chi connectivity index (χ0) is 14.3. The van der Waals surface area contributed by atoms with Gasteiger partial charge < -0.3 is 4.42 Å². The molecule has 0 saturated heterocycles. The summed E-state index contributed by atoms with van der Waals surface area (Å²) < 4.78 is 32.3. The fourth-order valence-electron chi connectivity index (χ4n) is 2.52. The first-order valence-electron chi connectivity index (χ1n) is 6.30. The van der Waals surface area contributed by atoms with Gasteiger partial charge in [-0.25, -0.2) is 8.42 Å². The molecule has 2 aromatic rings. The molecule has 1 aromatic carbocycles. The van der Waals surface area contributed by atoms with Crippen molar-refractivity contribution in [3.05, 3.63) is 47.4 Å². The lowest BCUT2D eigenvalue weighted by molar-refractivity contribution is 0.492. The fourth-order valence-corrected chi connectivity index (χ4v) is 4.35. The number of nitrogens with zero attached hydrogens (tertiary/aromatic N) is 1. The Balaban J connectivity index is 2.07. The third kappa shape index (κ3) is 2.01. The molecule has 0 saturated carbocycles. The first kappa shape index (κ1) is 13.5. The molecule has 0 N–H and O–H groups in total. The monoisotopic (exact) mass is 311 g/mol. The van der Waals surface area contributed by atoms with Gasteiger partial charge in [0.25, 0.3) is 10.0 Å². The number of halogens is 1. The summed E-state index contributed by atoms with van der Waals surface area (Å²) in [5.74, 6) is 1.01. The molecule has 0 amide bonds. The largest absolute Gasteiger partial charge is 0.464 e. The predicted molar refractivity (Wildman–Crippen MR) is 77.7 cm³/mol. The quantitative estimate of drug-likeness (QED) is 0.819. The summed E-state index contributed by atoms with van der Waals surface area (Å²) in [6.07, 6.45) is 0.731. The highest BCUT2D eigenvalue weighted by molar-refractivity contribution is 7.92. The van der Waals surface area contributed by atoms with Gasteiger partial charge in [0.2, 0.25) is 0 Å². The Kier molecular flexibility index (Phi) is 3.26. The van der Waals surface area contributed by atoms with Crippen molar-refractivity contribution in [3.63, 3.8) is 0 Å². The zero-order valence-electron chi connectivity index (χ0n) is 11.0. The second kappa shape index (κ2) is 4.82. The lowest BCUT2D eigenvalue weighted by Gasteiger charge is -2.18. The number of anilines is 1. The van der Waals surface area contributed by atoms with Crippen LogP contribution in [-0.4, -0.2) is 15.0 Å². The van der Waals surface area contributed by atoms with E-state index in [1.54, 1.807) is 6.92 Å². The molecule has 1 aliphatic rings. The van der Waals surface area contributed by atoms with Crippen LogP contribution in [0.3, 0.4) is 0 Å². The van der Waals surface area contributed by atoms with Crippen molar-refractivity contribution >= 4 is 27.3 Å². The van der Waals surface area contributed by atoms with Gasteiger partial charge in [-0.05, 0) is 25.0 Å². The summed E-state index contributed by atoms with van der Waals surface area (Å²) in [5, 5.41) is 0. The summed E-state index contributed by atoms with van der Waals surface area (Å²) in [6.45, 7) is 2.10. The maximum Gasteiger partial charge on any atom is 0.267 e. The molecule has 1 aromatic heterocycles. The minimum absolute atomic E-state index is 0.160. The van der Waals surface area contributed by atoms with E-state index in [0.29, 0.717) is 18.1 Å². The van der Waals surface area contributed by atoms with Gasteiger partial charge in [0.1, 0.15) is 16.4 Å². The standard InChI is InChI=1S/C14H14ClNO3S/c1-10-14(8-12(9-15)19-10)20(17,18)16-7-6-11-4-2-3-5-13(11)16/h2-5,8H,6-7,9H2,1H3. The Morgan fingerprint density at radius 3 is 2.80 bits per heavy atom. The second-order valence-electron chi connectivity index (χ2n) is 4.72. The molecule has 2 heterocycles. The van der Waals surface area contributed by atoms with E-state index in [-0.39, 0.29) is 10.8 Å². The Morgan fingerprint density at radius 2 is 2.10 bits per heavy atom. The first-order valence-corrected chi connectivity index (χ1v) is 8.27. The average molecular weight is 312 g/mol. The Morgan fingerprint density at radius 1 is 1.35 bits per heavy atom. The van der Waals surface area contributed by atoms with Crippen molar-refractivity contribution in [2.24, 2.45) is 0 Å². The minimum atomic E-state index is -3.59. The molecule has 0 fully saturated rings. The molecule has 0 radical (unpaired) electrons. The third-order valence-electron chi connectivity index (χ3n) is 3.47. The molecule has 0 spiro atoms. The van der Waals surface area contributed by atoms with Crippen LogP contribution in [0.4, 0.5) is 5.69 Å². The van der Waals surface area contributed by atoms with Crippen molar-refractivity contribution in [1.82, 2.24) is 0 Å². The van der Waals surface area contributed by atoms with Crippen LogP contribution in [-0.2, 0) is 22.3 Å². The van der Waals surface area contributed by atoms with E-state index in [4.69, 9.17) is 16.0 Å². The lowest BCUT2D eigenvalue weighted by atomic mass is 10.2. The molecule has 4 nitrogen and oxygen atoms in total. The van der Waals surface area contributed by atoms with Crippen LogP contribution in [0.15, 0.2) is 39.6 Å². The number of aryl methyl sites for hydroxylation is 1. The van der Waals surface area contributed by atoms with Crippen LogP contribution < -0.4 is 4.31 Å². The van der Waals surface area contributed by atoms with Crippen molar-refractivity contribution < 1.29 is 12.8 Å². The molecule has 6 heteroatoms. The summed E-state index contributed by atoms with van der Waals surface area (Å²) in [4.78, 5) is 0.199. The maximum atomic E-state index is 12.8. The average Bonchev–Trinajstić information content (AvgIpc) is 3.02. The highest BCUT2D eigenvalue weighted by Crippen LogP contribution is 2.34. The molecule has 0 bridgehead atoms. The van der Waals surface area contributed by atoms with Crippen LogP contribution in [0.1, 0.15) is 17.1 Å². The van der Waals surface area contributed by atoms with E-state index in [2.05, 4.69) is 0 Å². The topological polar surface area (TPSA) is 50.5 Å². The number of fused-ring (bicyclic) bond motifs is 1. The molecular formula is C14H14ClNO3S. The Hall–Kier alpha value is -1.46. The SMILES string of the molecule is Cc1oc(CCl)cc1S(=O)(=O)N1CCc2ccccc21. The number of alkyl halides is 1. The molecule has 0 aliphatic carbocycles. The molecule has 0 atom stereocenters. The molecular weight excluding hydrogens is 298 g/mol. The highest BCUT2D eigenvalue weighted by Gasteiger charge is 2.33. The van der Waals surface area contributed by atoms with Gasteiger partial charge in [0, 0.05) is 12.6 Å². The fraction of sp³-hybridized carbons (Fsp3) is 0.286. The van der Waals surface area contributed by atoms with Crippen molar-refractivity contribution in [2.45, 2.75) is 24.1 Å². The smallest absolute Gasteiger partial charge is 0.267 e. The first-order chi connectivity index (χ1) is 9.54. The normalized spacial score (nSPS) is 14.6. The van der Waals surface area contributed by atoms with Gasteiger partial charge >= 0.3 is 0 Å². The number of rotatable bonds is 3. The molecule has 3 rings (SSSR count). The van der Waals surface area contributed by atoms with E-state index in [9.17, 15) is 8.42 Å². The van der Waals surface area contributed by atoms with Crippen LogP contribution in [0.25, 0.3) is 0 Å². The Bertz CT molecular complexity index is 752. The van der Waals surface area contributed by atoms with Gasteiger partial charge in [0.15, 0.2) is 0 Å². The van der Waals surface area contributed by atoms with Crippen LogP contribution in [0.5, 0.6) is 0 Å². The zero-order valence-corrected chi connectivity index (χ0v) is 12.5. The molecule has 0 unspecified atom stereocenters. The van der Waals surface area contributed by atoms with Gasteiger partial charge in [-0.1, -0.05) is 18.2 Å². The number of benzene rings is 1. The lowest BCUT2D eigenvalue weighted by Crippen LogP contribution is -2.29. The summed E-state index contributed by atoms with van der Waals surface area (Å²) >= 11 is 5.70. The Labute approximate surface area is 123 Å². The van der Waals surface area contributed by atoms with Crippen molar-refractivity contribution in [3.8, 4) is 0 Å². The predicted octanol–water partition coefficient (Wildman–Crippen LogP) is 3.08. The van der Waals surface area contributed by atoms with Gasteiger partial charge in [0.05, 0.1) is 11.6 Å². The number of para-hydroxylation sites is 1. The van der Waals surface area contributed by atoms with Crippen LogP contribution in [0, 0.1) is 6.92 Å². The molecule has 20 heavy (non-hydrogen) atoms. The summed E-state index contributed by atoms with van der Waals surface area (Å²) in [7, 11) is -3.59. The van der Waals surface area contributed by atoms with Gasteiger partial charge in [-0.15, -0.1) is 11.6 Å². The van der Waals surface area contributed by atoms with Crippen LogP contribution >= 0.6 is 11.6 Å². The van der Waals surface area contributed by atoms with E-state index in [1.165, 1.54) is 10.4 Å². The third-order valence-corrected chi connectivity index (χ3v) is 5.65. The van der Waals surface area contributed by atoms with Gasteiger partial charge in [-0.2, -0.15) is 0 Å². The summed E-state index contributed by atoms with van der Waals surface area (Å²) in [6, 6.07) is 9.07. The van der Waals surface area contributed by atoms with Crippen molar-refractivity contribution in [2.75, 3.05) is 10.8 Å². The highest BCUT2D eigenvalue weighted by atomic mass is 35.5.